The predicted molar refractivity (Wildman–Crippen MR) is 90.5 cm³/mol. The highest BCUT2D eigenvalue weighted by molar-refractivity contribution is 6.10. The maximum absolute atomic E-state index is 11.7. The molecular formula is C18H16N2O3. The van der Waals surface area contributed by atoms with Gasteiger partial charge in [0.25, 0.3) is 0 Å². The molecular weight excluding hydrogens is 292 g/mol. The number of carboxylic acids is 1. The standard InChI is InChI=1S/C18H16N2O3/c1-2-20-15-6-4-3-5-13(15)14-11-12(7-8-16(14)20)19-17(21)9-10-18(22)23/h3-11H,2H2,1H3,(H,19,21)(H,22,23). The Labute approximate surface area is 132 Å². The monoisotopic (exact) mass is 308 g/mol. The predicted octanol–water partition coefficient (Wildman–Crippen LogP) is 3.39. The molecule has 0 aliphatic carbocycles. The molecule has 5 heteroatoms. The van der Waals surface area contributed by atoms with Crippen molar-refractivity contribution >= 4 is 39.4 Å². The van der Waals surface area contributed by atoms with Crippen LogP contribution in [0.2, 0.25) is 0 Å². The molecule has 0 saturated heterocycles. The minimum Gasteiger partial charge on any atom is -0.478 e. The molecule has 0 saturated carbocycles. The number of carbonyl (C=O) groups excluding carboxylic acids is 1. The van der Waals surface area contributed by atoms with Gasteiger partial charge in [0.1, 0.15) is 0 Å². The molecule has 0 fully saturated rings. The van der Waals surface area contributed by atoms with Gasteiger partial charge in [0.15, 0.2) is 0 Å². The summed E-state index contributed by atoms with van der Waals surface area (Å²) in [7, 11) is 0. The Hall–Kier alpha value is -3.08. The first-order valence-electron chi connectivity index (χ1n) is 7.33. The molecule has 3 rings (SSSR count). The minimum absolute atomic E-state index is 0.467. The van der Waals surface area contributed by atoms with Crippen LogP contribution in [0, 0.1) is 0 Å². The van der Waals surface area contributed by atoms with Gasteiger partial charge in [-0.15, -0.1) is 0 Å². The lowest BCUT2D eigenvalue weighted by molar-refractivity contribution is -0.131. The highest BCUT2D eigenvalue weighted by atomic mass is 16.4. The molecule has 0 atom stereocenters. The maximum atomic E-state index is 11.7. The third-order valence-electron chi connectivity index (χ3n) is 3.73. The molecule has 0 aliphatic heterocycles. The van der Waals surface area contributed by atoms with Crippen LogP contribution >= 0.6 is 0 Å². The lowest BCUT2D eigenvalue weighted by Gasteiger charge is -2.05. The van der Waals surface area contributed by atoms with E-state index in [9.17, 15) is 9.59 Å². The van der Waals surface area contributed by atoms with Crippen molar-refractivity contribution in [1.82, 2.24) is 4.57 Å². The first kappa shape index (κ1) is 14.8. The summed E-state index contributed by atoms with van der Waals surface area (Å²) in [6.07, 6.45) is 1.82. The largest absolute Gasteiger partial charge is 0.478 e. The van der Waals surface area contributed by atoms with Gasteiger partial charge in [-0.3, -0.25) is 4.79 Å². The van der Waals surface area contributed by atoms with E-state index in [1.807, 2.05) is 30.3 Å². The number of benzene rings is 2. The zero-order chi connectivity index (χ0) is 16.4. The van der Waals surface area contributed by atoms with Crippen LogP contribution in [0.4, 0.5) is 5.69 Å². The third kappa shape index (κ3) is 2.81. The number of carboxylic acid groups (broad SMARTS) is 1. The smallest absolute Gasteiger partial charge is 0.328 e. The van der Waals surface area contributed by atoms with Crippen molar-refractivity contribution < 1.29 is 14.7 Å². The van der Waals surface area contributed by atoms with E-state index in [2.05, 4.69) is 28.9 Å². The highest BCUT2D eigenvalue weighted by Gasteiger charge is 2.10. The Bertz CT molecular complexity index is 938. The van der Waals surface area contributed by atoms with Gasteiger partial charge in [-0.2, -0.15) is 0 Å². The molecule has 2 aromatic carbocycles. The van der Waals surface area contributed by atoms with Gasteiger partial charge in [-0.25, -0.2) is 4.79 Å². The van der Waals surface area contributed by atoms with Crippen molar-refractivity contribution in [3.8, 4) is 0 Å². The number of nitrogens with zero attached hydrogens (tertiary/aromatic N) is 1. The fourth-order valence-corrected chi connectivity index (χ4v) is 2.80. The molecule has 0 unspecified atom stereocenters. The molecule has 1 amide bonds. The fourth-order valence-electron chi connectivity index (χ4n) is 2.80. The summed E-state index contributed by atoms with van der Waals surface area (Å²) < 4.78 is 2.22. The number of nitrogens with one attached hydrogen (secondary N) is 1. The van der Waals surface area contributed by atoms with Crippen LogP contribution in [0.25, 0.3) is 21.8 Å². The zero-order valence-corrected chi connectivity index (χ0v) is 12.6. The number of aliphatic carboxylic acids is 1. The van der Waals surface area contributed by atoms with Crippen molar-refractivity contribution in [3.63, 3.8) is 0 Å². The molecule has 5 nitrogen and oxygen atoms in total. The highest BCUT2D eigenvalue weighted by Crippen LogP contribution is 2.30. The van der Waals surface area contributed by atoms with Gasteiger partial charge in [0, 0.05) is 46.2 Å². The number of aryl methyl sites for hydroxylation is 1. The summed E-state index contributed by atoms with van der Waals surface area (Å²) in [6, 6.07) is 13.8. The van der Waals surface area contributed by atoms with Gasteiger partial charge in [-0.05, 0) is 31.2 Å². The van der Waals surface area contributed by atoms with Crippen LogP contribution in [0.5, 0.6) is 0 Å². The molecule has 0 bridgehead atoms. The number of carbonyl (C=O) groups is 2. The average Bonchev–Trinajstić information content (AvgIpc) is 2.86. The first-order chi connectivity index (χ1) is 11.1. The summed E-state index contributed by atoms with van der Waals surface area (Å²) >= 11 is 0. The van der Waals surface area contributed by atoms with Crippen molar-refractivity contribution in [1.29, 1.82) is 0 Å². The number of anilines is 1. The second kappa shape index (κ2) is 5.96. The maximum Gasteiger partial charge on any atom is 0.328 e. The summed E-state index contributed by atoms with van der Waals surface area (Å²) in [6.45, 7) is 2.95. The zero-order valence-electron chi connectivity index (χ0n) is 12.6. The van der Waals surface area contributed by atoms with Crippen LogP contribution in [-0.2, 0) is 16.1 Å². The molecule has 0 radical (unpaired) electrons. The Kier molecular flexibility index (Phi) is 3.85. The lowest BCUT2D eigenvalue weighted by atomic mass is 10.1. The Morgan fingerprint density at radius 2 is 1.83 bits per heavy atom. The van der Waals surface area contributed by atoms with E-state index in [0.29, 0.717) is 5.69 Å². The molecule has 0 spiro atoms. The quantitative estimate of drug-likeness (QED) is 0.726. The second-order valence-electron chi connectivity index (χ2n) is 5.15. The van der Waals surface area contributed by atoms with Gasteiger partial charge in [-0.1, -0.05) is 18.2 Å². The van der Waals surface area contributed by atoms with E-state index in [-0.39, 0.29) is 0 Å². The number of hydrogen-bond acceptors (Lipinski definition) is 2. The van der Waals surface area contributed by atoms with Crippen LogP contribution in [0.1, 0.15) is 6.92 Å². The summed E-state index contributed by atoms with van der Waals surface area (Å²) in [5.74, 6) is -1.62. The third-order valence-corrected chi connectivity index (χ3v) is 3.73. The molecule has 1 aromatic heterocycles. The van der Waals surface area contributed by atoms with Crippen LogP contribution in [-0.4, -0.2) is 21.6 Å². The molecule has 0 aliphatic rings. The number of fused-ring (bicyclic) bond motifs is 3. The summed E-state index contributed by atoms with van der Waals surface area (Å²) in [5.41, 5.74) is 2.89. The van der Waals surface area contributed by atoms with E-state index in [1.165, 1.54) is 0 Å². The van der Waals surface area contributed by atoms with E-state index in [0.717, 1.165) is 40.5 Å². The first-order valence-corrected chi connectivity index (χ1v) is 7.33. The lowest BCUT2D eigenvalue weighted by Crippen LogP contribution is -2.08. The number of para-hydroxylation sites is 1. The molecule has 2 N–H and O–H groups in total. The molecule has 23 heavy (non-hydrogen) atoms. The van der Waals surface area contributed by atoms with Crippen molar-refractivity contribution in [3.05, 3.63) is 54.6 Å². The normalized spacial score (nSPS) is 11.3. The van der Waals surface area contributed by atoms with Crippen LogP contribution in [0.3, 0.4) is 0 Å². The Morgan fingerprint density at radius 1 is 1.09 bits per heavy atom. The minimum atomic E-state index is -1.15. The Balaban J connectivity index is 2.04. The van der Waals surface area contributed by atoms with E-state index in [4.69, 9.17) is 5.11 Å². The van der Waals surface area contributed by atoms with Crippen LogP contribution < -0.4 is 5.32 Å². The molecule has 1 heterocycles. The number of aromatic nitrogens is 1. The van der Waals surface area contributed by atoms with Gasteiger partial charge >= 0.3 is 5.97 Å². The SMILES string of the molecule is CCn1c2ccccc2c2cc(NC(=O)C=CC(=O)O)ccc21. The van der Waals surface area contributed by atoms with E-state index >= 15 is 0 Å². The van der Waals surface area contributed by atoms with E-state index in [1.54, 1.807) is 0 Å². The fraction of sp³-hybridized carbons (Fsp3) is 0.111. The van der Waals surface area contributed by atoms with E-state index < -0.39 is 11.9 Å². The number of amides is 1. The second-order valence-corrected chi connectivity index (χ2v) is 5.15. The number of rotatable bonds is 4. The van der Waals surface area contributed by atoms with Crippen molar-refractivity contribution in [2.24, 2.45) is 0 Å². The van der Waals surface area contributed by atoms with Gasteiger partial charge < -0.3 is 15.0 Å². The Morgan fingerprint density at radius 3 is 2.57 bits per heavy atom. The van der Waals surface area contributed by atoms with Crippen molar-refractivity contribution in [2.45, 2.75) is 13.5 Å². The van der Waals surface area contributed by atoms with Gasteiger partial charge in [0.2, 0.25) is 5.91 Å². The van der Waals surface area contributed by atoms with Gasteiger partial charge in [0.05, 0.1) is 0 Å². The topological polar surface area (TPSA) is 71.3 Å². The van der Waals surface area contributed by atoms with Crippen LogP contribution in [0.15, 0.2) is 54.6 Å². The molecule has 3 aromatic rings. The summed E-state index contributed by atoms with van der Waals surface area (Å²) in [5, 5.41) is 13.4. The number of hydrogen-bond donors (Lipinski definition) is 2. The van der Waals surface area contributed by atoms with Crippen molar-refractivity contribution in [2.75, 3.05) is 5.32 Å². The molecule has 116 valence electrons. The average molecular weight is 308 g/mol. The summed E-state index contributed by atoms with van der Waals surface area (Å²) in [4.78, 5) is 22.2.